The Morgan fingerprint density at radius 2 is 1.43 bits per heavy atom. The highest BCUT2D eigenvalue weighted by molar-refractivity contribution is 5.06. The monoisotopic (exact) mass is 284 g/mol. The van der Waals surface area contributed by atoms with Gasteiger partial charge in [-0.25, -0.2) is 9.97 Å². The highest BCUT2D eigenvalue weighted by Crippen LogP contribution is 2.28. The average molecular weight is 284 g/mol. The zero-order valence-corrected chi connectivity index (χ0v) is 12.2. The third-order valence-electron chi connectivity index (χ3n) is 3.31. The van der Waals surface area contributed by atoms with Crippen LogP contribution in [0.1, 0.15) is 32.4 Å². The number of rotatable bonds is 4. The normalized spacial score (nSPS) is 11.3. The van der Waals surface area contributed by atoms with Crippen molar-refractivity contribution in [2.45, 2.75) is 33.9 Å². The molecule has 2 rings (SSSR count). The second kappa shape index (κ2) is 5.71. The Labute approximate surface area is 122 Å². The molecule has 0 saturated heterocycles. The lowest BCUT2D eigenvalue weighted by molar-refractivity contribution is 0.174. The van der Waals surface area contributed by atoms with Gasteiger partial charge in [-0.3, -0.25) is 9.36 Å². The molecular formula is C13H16N8. The fourth-order valence-electron chi connectivity index (χ4n) is 1.92. The Kier molecular flexibility index (Phi) is 3.99. The summed E-state index contributed by atoms with van der Waals surface area (Å²) in [6, 6.07) is 3.83. The first-order chi connectivity index (χ1) is 9.92. The van der Waals surface area contributed by atoms with E-state index < -0.39 is 0 Å². The van der Waals surface area contributed by atoms with Crippen LogP contribution in [0, 0.1) is 34.0 Å². The largest absolute Gasteiger partial charge is 0.252 e. The van der Waals surface area contributed by atoms with Crippen molar-refractivity contribution in [3.63, 3.8) is 0 Å². The summed E-state index contributed by atoms with van der Waals surface area (Å²) in [5.74, 6) is 0.518. The van der Waals surface area contributed by atoms with Crippen LogP contribution in [0.4, 0.5) is 0 Å². The van der Waals surface area contributed by atoms with E-state index in [-0.39, 0.29) is 23.0 Å². The van der Waals surface area contributed by atoms with Crippen molar-refractivity contribution in [2.24, 2.45) is 11.3 Å². The molecule has 0 atom stereocenters. The van der Waals surface area contributed by atoms with Gasteiger partial charge in [0.25, 0.3) is 11.6 Å². The van der Waals surface area contributed by atoms with Gasteiger partial charge >= 0.3 is 0 Å². The molecular weight excluding hydrogens is 268 g/mol. The standard InChI is InChI=1S/C13H16N8/c1-13(2,3)10(6-20-8-16-11(4-14)18-20)7-21-9-17-12(5-15)19-21/h8-10H,6-7H2,1-3H3. The third kappa shape index (κ3) is 3.63. The number of nitrogens with zero attached hydrogens (tertiary/aromatic N) is 8. The van der Waals surface area contributed by atoms with Gasteiger partial charge in [-0.15, -0.1) is 10.2 Å². The Morgan fingerprint density at radius 3 is 1.71 bits per heavy atom. The molecule has 8 heteroatoms. The highest BCUT2D eigenvalue weighted by atomic mass is 15.3. The van der Waals surface area contributed by atoms with Crippen LogP contribution in [-0.2, 0) is 13.1 Å². The molecule has 8 nitrogen and oxygen atoms in total. The maximum absolute atomic E-state index is 8.77. The molecule has 2 aromatic heterocycles. The molecule has 0 radical (unpaired) electrons. The van der Waals surface area contributed by atoms with Crippen molar-refractivity contribution in [1.29, 1.82) is 10.5 Å². The molecule has 2 aromatic rings. The smallest absolute Gasteiger partial charge is 0.251 e. The molecule has 0 saturated carbocycles. The topological polar surface area (TPSA) is 109 Å². The lowest BCUT2D eigenvalue weighted by atomic mass is 9.80. The van der Waals surface area contributed by atoms with E-state index in [1.807, 2.05) is 12.1 Å². The predicted molar refractivity (Wildman–Crippen MR) is 72.4 cm³/mol. The molecule has 2 heterocycles. The first-order valence-electron chi connectivity index (χ1n) is 6.51. The molecule has 108 valence electrons. The summed E-state index contributed by atoms with van der Waals surface area (Å²) in [5.41, 5.74) is -0.00247. The SMILES string of the molecule is CC(C)(C)C(Cn1cnc(C#N)n1)Cn1cnc(C#N)n1. The van der Waals surface area contributed by atoms with E-state index >= 15 is 0 Å². The van der Waals surface area contributed by atoms with E-state index in [1.54, 1.807) is 22.0 Å². The minimum Gasteiger partial charge on any atom is -0.251 e. The van der Waals surface area contributed by atoms with Gasteiger partial charge < -0.3 is 0 Å². The van der Waals surface area contributed by atoms with Gasteiger partial charge in [0.15, 0.2) is 0 Å². The lowest BCUT2D eigenvalue weighted by Crippen LogP contribution is -2.30. The quantitative estimate of drug-likeness (QED) is 0.827. The van der Waals surface area contributed by atoms with Gasteiger partial charge in [-0.05, 0) is 5.41 Å². The lowest BCUT2D eigenvalue weighted by Gasteiger charge is -2.30. The highest BCUT2D eigenvalue weighted by Gasteiger charge is 2.26. The molecule has 0 bridgehead atoms. The molecule has 0 aliphatic carbocycles. The zero-order chi connectivity index (χ0) is 15.5. The first-order valence-corrected chi connectivity index (χ1v) is 6.51. The van der Waals surface area contributed by atoms with Gasteiger partial charge in [-0.1, -0.05) is 20.8 Å². The number of hydrogen-bond donors (Lipinski definition) is 0. The Hall–Kier alpha value is -2.74. The van der Waals surface area contributed by atoms with Gasteiger partial charge in [0.2, 0.25) is 0 Å². The zero-order valence-electron chi connectivity index (χ0n) is 12.2. The maximum Gasteiger partial charge on any atom is 0.252 e. The molecule has 21 heavy (non-hydrogen) atoms. The van der Waals surface area contributed by atoms with Gasteiger partial charge in [0.05, 0.1) is 0 Å². The molecule has 0 N–H and O–H groups in total. The Balaban J connectivity index is 2.15. The van der Waals surface area contributed by atoms with Crippen molar-refractivity contribution in [1.82, 2.24) is 29.5 Å². The summed E-state index contributed by atoms with van der Waals surface area (Å²) in [6.45, 7) is 7.60. The molecule has 0 aliphatic rings. The summed E-state index contributed by atoms with van der Waals surface area (Å²) in [7, 11) is 0. The second-order valence-corrected chi connectivity index (χ2v) is 5.87. The van der Waals surface area contributed by atoms with E-state index in [2.05, 4.69) is 40.9 Å². The fourth-order valence-corrected chi connectivity index (χ4v) is 1.92. The summed E-state index contributed by atoms with van der Waals surface area (Å²) >= 11 is 0. The van der Waals surface area contributed by atoms with E-state index in [4.69, 9.17) is 10.5 Å². The molecule has 0 aromatic carbocycles. The second-order valence-electron chi connectivity index (χ2n) is 5.87. The van der Waals surface area contributed by atoms with Crippen molar-refractivity contribution in [2.75, 3.05) is 0 Å². The maximum atomic E-state index is 8.77. The minimum absolute atomic E-state index is 0.00247. The summed E-state index contributed by atoms with van der Waals surface area (Å²) < 4.78 is 3.33. The van der Waals surface area contributed by atoms with Crippen LogP contribution in [0.15, 0.2) is 12.7 Å². The van der Waals surface area contributed by atoms with Crippen molar-refractivity contribution < 1.29 is 0 Å². The number of hydrogen-bond acceptors (Lipinski definition) is 6. The van der Waals surface area contributed by atoms with E-state index in [9.17, 15) is 0 Å². The Morgan fingerprint density at radius 1 is 1.00 bits per heavy atom. The van der Waals surface area contributed by atoms with Crippen LogP contribution in [0.25, 0.3) is 0 Å². The number of nitriles is 2. The first kappa shape index (κ1) is 14.7. The Bertz CT molecular complexity index is 637. The van der Waals surface area contributed by atoms with Crippen LogP contribution in [0.5, 0.6) is 0 Å². The van der Waals surface area contributed by atoms with E-state index in [1.165, 1.54) is 0 Å². The summed E-state index contributed by atoms with van der Waals surface area (Å²) in [6.07, 6.45) is 3.11. The van der Waals surface area contributed by atoms with Crippen LogP contribution >= 0.6 is 0 Å². The average Bonchev–Trinajstić information content (AvgIpc) is 3.05. The van der Waals surface area contributed by atoms with Crippen LogP contribution in [0.3, 0.4) is 0 Å². The molecule has 0 spiro atoms. The molecule has 0 aliphatic heterocycles. The van der Waals surface area contributed by atoms with Crippen molar-refractivity contribution in [3.8, 4) is 12.1 Å². The molecule has 0 fully saturated rings. The predicted octanol–water partition coefficient (Wildman–Crippen LogP) is 0.975. The molecule has 0 unspecified atom stereocenters. The van der Waals surface area contributed by atoms with Crippen LogP contribution < -0.4 is 0 Å². The molecule has 0 amide bonds. The minimum atomic E-state index is -0.00247. The van der Waals surface area contributed by atoms with Gasteiger partial charge in [-0.2, -0.15) is 10.5 Å². The van der Waals surface area contributed by atoms with Crippen molar-refractivity contribution >= 4 is 0 Å². The van der Waals surface area contributed by atoms with Gasteiger partial charge in [0.1, 0.15) is 24.8 Å². The summed E-state index contributed by atoms with van der Waals surface area (Å²) in [5, 5.41) is 25.7. The van der Waals surface area contributed by atoms with E-state index in [0.29, 0.717) is 13.1 Å². The van der Waals surface area contributed by atoms with E-state index in [0.717, 1.165) is 0 Å². The van der Waals surface area contributed by atoms with Crippen LogP contribution in [-0.4, -0.2) is 29.5 Å². The van der Waals surface area contributed by atoms with Crippen LogP contribution in [0.2, 0.25) is 0 Å². The van der Waals surface area contributed by atoms with Gasteiger partial charge in [0, 0.05) is 19.0 Å². The fraction of sp³-hybridized carbons (Fsp3) is 0.538. The third-order valence-corrected chi connectivity index (χ3v) is 3.31. The number of aromatic nitrogens is 6. The summed E-state index contributed by atoms with van der Waals surface area (Å²) in [4.78, 5) is 7.81. The van der Waals surface area contributed by atoms with Crippen molar-refractivity contribution in [3.05, 3.63) is 24.3 Å².